The zero-order chi connectivity index (χ0) is 17.3. The molecule has 24 heavy (non-hydrogen) atoms. The molecule has 1 aromatic heterocycles. The molecule has 0 fully saturated rings. The first-order chi connectivity index (χ1) is 11.5. The summed E-state index contributed by atoms with van der Waals surface area (Å²) < 4.78 is 0. The van der Waals surface area contributed by atoms with Gasteiger partial charge < -0.3 is 9.82 Å². The molecule has 1 N–H and O–H groups in total. The van der Waals surface area contributed by atoms with Crippen LogP contribution < -0.4 is 5.56 Å². The SMILES string of the molecule is CCCc1cc(C(=O)ON2C(=O)c3ccccc3C2=O)cc(=O)[nH]1. The lowest BCUT2D eigenvalue weighted by Crippen LogP contribution is -2.33. The highest BCUT2D eigenvalue weighted by molar-refractivity contribution is 6.21. The van der Waals surface area contributed by atoms with Crippen LogP contribution in [-0.4, -0.2) is 27.8 Å². The minimum Gasteiger partial charge on any atom is -0.326 e. The number of carbonyl (C=O) groups is 3. The molecule has 0 atom stereocenters. The molecule has 0 spiro atoms. The topological polar surface area (TPSA) is 96.5 Å². The van der Waals surface area contributed by atoms with Gasteiger partial charge in [0.2, 0.25) is 5.56 Å². The third-order valence-corrected chi connectivity index (χ3v) is 3.59. The number of amides is 2. The number of benzene rings is 1. The van der Waals surface area contributed by atoms with Gasteiger partial charge in [-0.3, -0.25) is 14.4 Å². The third-order valence-electron chi connectivity index (χ3n) is 3.59. The van der Waals surface area contributed by atoms with Gasteiger partial charge in [0.05, 0.1) is 16.7 Å². The number of hydroxylamine groups is 2. The molecule has 0 unspecified atom stereocenters. The van der Waals surface area contributed by atoms with Gasteiger partial charge in [0.1, 0.15) is 0 Å². The van der Waals surface area contributed by atoms with E-state index in [0.29, 0.717) is 17.2 Å². The molecule has 7 heteroatoms. The highest BCUT2D eigenvalue weighted by atomic mass is 16.7. The van der Waals surface area contributed by atoms with Gasteiger partial charge in [-0.2, -0.15) is 0 Å². The maximum Gasteiger partial charge on any atom is 0.364 e. The monoisotopic (exact) mass is 326 g/mol. The molecule has 0 aliphatic carbocycles. The number of aromatic amines is 1. The highest BCUT2D eigenvalue weighted by Crippen LogP contribution is 2.23. The Labute approximate surface area is 136 Å². The first-order valence-electron chi connectivity index (χ1n) is 7.44. The van der Waals surface area contributed by atoms with Crippen LogP contribution >= 0.6 is 0 Å². The Balaban J connectivity index is 1.85. The lowest BCUT2D eigenvalue weighted by molar-refractivity contribution is -0.0584. The highest BCUT2D eigenvalue weighted by Gasteiger charge is 2.38. The lowest BCUT2D eigenvalue weighted by atomic mass is 10.1. The molecule has 1 aliphatic rings. The summed E-state index contributed by atoms with van der Waals surface area (Å²) in [6.45, 7) is 1.93. The number of hydrogen-bond acceptors (Lipinski definition) is 5. The molecule has 3 rings (SSSR count). The minimum atomic E-state index is -0.937. The van der Waals surface area contributed by atoms with Crippen molar-refractivity contribution in [3.8, 4) is 0 Å². The van der Waals surface area contributed by atoms with E-state index in [4.69, 9.17) is 4.84 Å². The first-order valence-corrected chi connectivity index (χ1v) is 7.44. The second kappa shape index (κ2) is 6.11. The molecular formula is C17H14N2O5. The van der Waals surface area contributed by atoms with Gasteiger partial charge in [0, 0.05) is 11.8 Å². The smallest absolute Gasteiger partial charge is 0.326 e. The predicted molar refractivity (Wildman–Crippen MR) is 83.4 cm³/mol. The predicted octanol–water partition coefficient (Wildman–Crippen LogP) is 1.70. The zero-order valence-electron chi connectivity index (χ0n) is 12.9. The average Bonchev–Trinajstić information content (AvgIpc) is 2.80. The second-order valence-corrected chi connectivity index (χ2v) is 5.34. The Morgan fingerprint density at radius 2 is 1.71 bits per heavy atom. The number of carbonyl (C=O) groups excluding carboxylic acids is 3. The van der Waals surface area contributed by atoms with Crippen LogP contribution in [0.5, 0.6) is 0 Å². The van der Waals surface area contributed by atoms with E-state index in [1.807, 2.05) is 6.92 Å². The quantitative estimate of drug-likeness (QED) is 0.863. The van der Waals surface area contributed by atoms with Gasteiger partial charge in [-0.25, -0.2) is 4.79 Å². The Hall–Kier alpha value is -3.22. The Morgan fingerprint density at radius 3 is 2.29 bits per heavy atom. The molecular weight excluding hydrogens is 312 g/mol. The number of nitrogens with one attached hydrogen (secondary N) is 1. The van der Waals surface area contributed by atoms with Crippen LogP contribution in [0.2, 0.25) is 0 Å². The van der Waals surface area contributed by atoms with Crippen LogP contribution in [0.3, 0.4) is 0 Å². The minimum absolute atomic E-state index is 0.0150. The molecule has 2 amide bonds. The van der Waals surface area contributed by atoms with E-state index in [1.54, 1.807) is 12.1 Å². The van der Waals surface area contributed by atoms with Crippen LogP contribution in [0.15, 0.2) is 41.2 Å². The number of imide groups is 1. The van der Waals surface area contributed by atoms with Gasteiger partial charge in [-0.05, 0) is 24.6 Å². The lowest BCUT2D eigenvalue weighted by Gasteiger charge is -2.12. The van der Waals surface area contributed by atoms with Crippen molar-refractivity contribution < 1.29 is 19.2 Å². The number of H-pyrrole nitrogens is 1. The van der Waals surface area contributed by atoms with E-state index < -0.39 is 23.3 Å². The van der Waals surface area contributed by atoms with Gasteiger partial charge >= 0.3 is 5.97 Å². The fourth-order valence-electron chi connectivity index (χ4n) is 2.51. The molecule has 1 aromatic carbocycles. The van der Waals surface area contributed by atoms with Crippen LogP contribution in [0, 0.1) is 0 Å². The van der Waals surface area contributed by atoms with Crippen LogP contribution in [0.25, 0.3) is 0 Å². The molecule has 1 aliphatic heterocycles. The van der Waals surface area contributed by atoms with Crippen molar-refractivity contribution >= 4 is 17.8 Å². The van der Waals surface area contributed by atoms with E-state index in [2.05, 4.69) is 4.98 Å². The van der Waals surface area contributed by atoms with Crippen molar-refractivity contribution in [2.75, 3.05) is 0 Å². The maximum atomic E-state index is 12.2. The van der Waals surface area contributed by atoms with Crippen LogP contribution in [0.1, 0.15) is 50.1 Å². The molecule has 0 bridgehead atoms. The number of rotatable bonds is 4. The van der Waals surface area contributed by atoms with Crippen molar-refractivity contribution in [3.63, 3.8) is 0 Å². The summed E-state index contributed by atoms with van der Waals surface area (Å²) in [5.74, 6) is -2.35. The molecule has 0 radical (unpaired) electrons. The van der Waals surface area contributed by atoms with E-state index >= 15 is 0 Å². The van der Waals surface area contributed by atoms with Gasteiger partial charge in [0.15, 0.2) is 0 Å². The van der Waals surface area contributed by atoms with E-state index in [0.717, 1.165) is 12.5 Å². The summed E-state index contributed by atoms with van der Waals surface area (Å²) in [4.78, 5) is 55.7. The summed E-state index contributed by atoms with van der Waals surface area (Å²) in [6.07, 6.45) is 1.37. The largest absolute Gasteiger partial charge is 0.364 e. The number of nitrogens with zero attached hydrogens (tertiary/aromatic N) is 1. The zero-order valence-corrected chi connectivity index (χ0v) is 12.9. The van der Waals surface area contributed by atoms with Gasteiger partial charge in [-0.15, -0.1) is 0 Å². The van der Waals surface area contributed by atoms with Crippen molar-refractivity contribution in [1.82, 2.24) is 10.0 Å². The summed E-state index contributed by atoms with van der Waals surface area (Å²) in [5, 5.41) is 0.424. The van der Waals surface area contributed by atoms with Crippen LogP contribution in [0.4, 0.5) is 0 Å². The van der Waals surface area contributed by atoms with Gasteiger partial charge in [0.25, 0.3) is 11.8 Å². The Bertz CT molecular complexity index is 865. The van der Waals surface area contributed by atoms with E-state index in [9.17, 15) is 19.2 Å². The van der Waals surface area contributed by atoms with Gasteiger partial charge in [-0.1, -0.05) is 30.5 Å². The molecule has 0 saturated carbocycles. The normalized spacial score (nSPS) is 13.1. The Morgan fingerprint density at radius 1 is 1.08 bits per heavy atom. The third kappa shape index (κ3) is 2.71. The first kappa shape index (κ1) is 15.7. The number of aryl methyl sites for hydroxylation is 1. The van der Waals surface area contributed by atoms with Crippen molar-refractivity contribution in [2.24, 2.45) is 0 Å². The fraction of sp³-hybridized carbons (Fsp3) is 0.176. The van der Waals surface area contributed by atoms with E-state index in [-0.39, 0.29) is 16.7 Å². The second-order valence-electron chi connectivity index (χ2n) is 5.34. The van der Waals surface area contributed by atoms with Crippen molar-refractivity contribution in [2.45, 2.75) is 19.8 Å². The summed E-state index contributed by atoms with van der Waals surface area (Å²) in [5.41, 5.74) is 0.467. The van der Waals surface area contributed by atoms with Crippen LogP contribution in [-0.2, 0) is 11.3 Å². The molecule has 2 heterocycles. The standard InChI is InChI=1S/C17H14N2O5/c1-2-5-11-8-10(9-14(20)18-11)17(23)24-19-15(21)12-6-3-4-7-13(12)16(19)22/h3-4,6-9H,2,5H2,1H3,(H,18,20). The van der Waals surface area contributed by atoms with E-state index in [1.165, 1.54) is 18.2 Å². The summed E-state index contributed by atoms with van der Waals surface area (Å²) >= 11 is 0. The summed E-state index contributed by atoms with van der Waals surface area (Å²) in [6, 6.07) is 8.74. The summed E-state index contributed by atoms with van der Waals surface area (Å²) in [7, 11) is 0. The number of pyridine rings is 1. The van der Waals surface area contributed by atoms with Crippen molar-refractivity contribution in [1.29, 1.82) is 0 Å². The molecule has 0 saturated heterocycles. The molecule has 7 nitrogen and oxygen atoms in total. The average molecular weight is 326 g/mol. The fourth-order valence-corrected chi connectivity index (χ4v) is 2.51. The molecule has 122 valence electrons. The Kier molecular flexibility index (Phi) is 3.99. The number of hydrogen-bond donors (Lipinski definition) is 1. The number of fused-ring (bicyclic) bond motifs is 1. The maximum absolute atomic E-state index is 12.2. The number of aromatic nitrogens is 1. The molecule has 2 aromatic rings. The van der Waals surface area contributed by atoms with Crippen molar-refractivity contribution in [3.05, 3.63) is 69.1 Å².